The summed E-state index contributed by atoms with van der Waals surface area (Å²) in [5.74, 6) is -0.860. The Morgan fingerprint density at radius 2 is 2.24 bits per heavy atom. The van der Waals surface area contributed by atoms with Crippen LogP contribution in [-0.2, 0) is 4.79 Å². The summed E-state index contributed by atoms with van der Waals surface area (Å²) in [7, 11) is 0. The Morgan fingerprint density at radius 3 is 2.81 bits per heavy atom. The maximum Gasteiger partial charge on any atom is 0.318 e. The van der Waals surface area contributed by atoms with Crippen molar-refractivity contribution in [1.29, 1.82) is 0 Å². The van der Waals surface area contributed by atoms with Gasteiger partial charge in [0, 0.05) is 17.5 Å². The van der Waals surface area contributed by atoms with Gasteiger partial charge in [-0.3, -0.25) is 4.79 Å². The number of carboxylic acids is 1. The van der Waals surface area contributed by atoms with Crippen molar-refractivity contribution in [2.75, 3.05) is 6.54 Å². The number of likely N-dealkylation sites (tertiary alicyclic amines) is 1. The van der Waals surface area contributed by atoms with Crippen molar-refractivity contribution in [1.82, 2.24) is 15.2 Å². The second kappa shape index (κ2) is 6.43. The fraction of sp³-hybridized carbons (Fsp3) is 0.643. The molecule has 1 aromatic rings. The number of carbonyl (C=O) groups is 2. The van der Waals surface area contributed by atoms with Crippen LogP contribution in [0, 0.1) is 13.8 Å². The molecule has 0 bridgehead atoms. The number of carboxylic acid groups (broad SMARTS) is 1. The van der Waals surface area contributed by atoms with Crippen LogP contribution in [0.3, 0.4) is 0 Å². The van der Waals surface area contributed by atoms with Gasteiger partial charge < -0.3 is 15.3 Å². The molecular weight excluding hydrogens is 290 g/mol. The van der Waals surface area contributed by atoms with Crippen molar-refractivity contribution < 1.29 is 14.7 Å². The quantitative estimate of drug-likeness (QED) is 0.895. The number of urea groups is 1. The highest BCUT2D eigenvalue weighted by Crippen LogP contribution is 2.26. The minimum Gasteiger partial charge on any atom is -0.481 e. The molecule has 1 aliphatic rings. The van der Waals surface area contributed by atoms with Crippen molar-refractivity contribution in [2.45, 2.75) is 52.1 Å². The van der Waals surface area contributed by atoms with Crippen molar-refractivity contribution in [2.24, 2.45) is 0 Å². The van der Waals surface area contributed by atoms with Crippen LogP contribution in [0.15, 0.2) is 0 Å². The standard InChI is InChI=1S/C14H21N3O3S/c1-8-13(21-10(3)15-8)9(2)16-14(20)17-6-4-5-11(17)7-12(18)19/h9,11H,4-7H2,1-3H3,(H,16,20)(H,18,19). The maximum atomic E-state index is 12.3. The number of hydrogen-bond acceptors (Lipinski definition) is 4. The van der Waals surface area contributed by atoms with Gasteiger partial charge in [-0.1, -0.05) is 0 Å². The van der Waals surface area contributed by atoms with Crippen molar-refractivity contribution >= 4 is 23.3 Å². The number of amides is 2. The molecule has 2 atom stereocenters. The van der Waals surface area contributed by atoms with Crippen LogP contribution < -0.4 is 5.32 Å². The van der Waals surface area contributed by atoms with E-state index in [1.54, 1.807) is 16.2 Å². The van der Waals surface area contributed by atoms with E-state index < -0.39 is 5.97 Å². The summed E-state index contributed by atoms with van der Waals surface area (Å²) >= 11 is 1.58. The Morgan fingerprint density at radius 1 is 1.52 bits per heavy atom. The van der Waals surface area contributed by atoms with Gasteiger partial charge in [-0.05, 0) is 33.6 Å². The number of aryl methyl sites for hydroxylation is 2. The molecule has 0 aliphatic carbocycles. The summed E-state index contributed by atoms with van der Waals surface area (Å²) in [6, 6.07) is -0.495. The zero-order valence-corrected chi connectivity index (χ0v) is 13.4. The first-order chi connectivity index (χ1) is 9.88. The first-order valence-corrected chi connectivity index (χ1v) is 7.93. The average Bonchev–Trinajstić information content (AvgIpc) is 2.95. The Balaban J connectivity index is 2.00. The monoisotopic (exact) mass is 311 g/mol. The third-order valence-corrected chi connectivity index (χ3v) is 4.98. The predicted octanol–water partition coefficient (Wildman–Crippen LogP) is 2.47. The lowest BCUT2D eigenvalue weighted by Gasteiger charge is -2.25. The smallest absolute Gasteiger partial charge is 0.318 e. The van der Waals surface area contributed by atoms with Gasteiger partial charge in [0.05, 0.1) is 23.2 Å². The molecule has 1 fully saturated rings. The number of hydrogen-bond donors (Lipinski definition) is 2. The van der Waals surface area contributed by atoms with Gasteiger partial charge in [0.25, 0.3) is 0 Å². The Kier molecular flexibility index (Phi) is 4.82. The number of rotatable bonds is 4. The lowest BCUT2D eigenvalue weighted by molar-refractivity contribution is -0.137. The highest BCUT2D eigenvalue weighted by atomic mass is 32.1. The molecule has 0 spiro atoms. The highest BCUT2D eigenvalue weighted by Gasteiger charge is 2.31. The van der Waals surface area contributed by atoms with Crippen LogP contribution in [-0.4, -0.2) is 39.6 Å². The number of carbonyl (C=O) groups excluding carboxylic acids is 1. The van der Waals surface area contributed by atoms with Crippen LogP contribution >= 0.6 is 11.3 Å². The van der Waals surface area contributed by atoms with Crippen LogP contribution in [0.2, 0.25) is 0 Å². The molecule has 0 radical (unpaired) electrons. The molecule has 7 heteroatoms. The van der Waals surface area contributed by atoms with Crippen LogP contribution in [0.1, 0.15) is 47.8 Å². The fourth-order valence-electron chi connectivity index (χ4n) is 2.80. The topological polar surface area (TPSA) is 82.5 Å². The van der Waals surface area contributed by atoms with E-state index in [1.165, 1.54) is 0 Å². The molecule has 2 amide bonds. The summed E-state index contributed by atoms with van der Waals surface area (Å²) in [5, 5.41) is 12.8. The summed E-state index contributed by atoms with van der Waals surface area (Å²) in [6.45, 7) is 6.43. The molecule has 2 unspecified atom stereocenters. The minimum atomic E-state index is -0.860. The maximum absolute atomic E-state index is 12.3. The third-order valence-electron chi connectivity index (χ3n) is 3.72. The van der Waals surface area contributed by atoms with E-state index in [1.807, 2.05) is 20.8 Å². The zero-order chi connectivity index (χ0) is 15.6. The summed E-state index contributed by atoms with van der Waals surface area (Å²) in [6.07, 6.45) is 1.63. The highest BCUT2D eigenvalue weighted by molar-refractivity contribution is 7.11. The molecule has 0 aromatic carbocycles. The van der Waals surface area contributed by atoms with Gasteiger partial charge in [-0.2, -0.15) is 0 Å². The minimum absolute atomic E-state index is 0.0144. The van der Waals surface area contributed by atoms with E-state index in [9.17, 15) is 9.59 Å². The zero-order valence-electron chi connectivity index (χ0n) is 12.5. The number of thiazole rings is 1. The molecule has 2 heterocycles. The van der Waals surface area contributed by atoms with Gasteiger partial charge >= 0.3 is 12.0 Å². The van der Waals surface area contributed by atoms with Gasteiger partial charge in [0.15, 0.2) is 0 Å². The molecule has 6 nitrogen and oxygen atoms in total. The van der Waals surface area contributed by atoms with E-state index in [0.29, 0.717) is 6.54 Å². The summed E-state index contributed by atoms with van der Waals surface area (Å²) in [5.41, 5.74) is 0.939. The lowest BCUT2D eigenvalue weighted by Crippen LogP contribution is -2.44. The largest absolute Gasteiger partial charge is 0.481 e. The van der Waals surface area contributed by atoms with Crippen molar-refractivity contribution in [3.05, 3.63) is 15.6 Å². The van der Waals surface area contributed by atoms with Gasteiger partial charge in [-0.25, -0.2) is 9.78 Å². The second-order valence-electron chi connectivity index (χ2n) is 5.44. The van der Waals surface area contributed by atoms with Gasteiger partial charge in [0.1, 0.15) is 0 Å². The van der Waals surface area contributed by atoms with Crippen molar-refractivity contribution in [3.63, 3.8) is 0 Å². The molecule has 1 saturated heterocycles. The van der Waals surface area contributed by atoms with Crippen LogP contribution in [0.5, 0.6) is 0 Å². The van der Waals surface area contributed by atoms with E-state index in [4.69, 9.17) is 5.11 Å². The molecular formula is C14H21N3O3S. The molecule has 1 aromatic heterocycles. The van der Waals surface area contributed by atoms with E-state index in [-0.39, 0.29) is 24.5 Å². The first-order valence-electron chi connectivity index (χ1n) is 7.11. The molecule has 21 heavy (non-hydrogen) atoms. The number of nitrogens with zero attached hydrogens (tertiary/aromatic N) is 2. The van der Waals surface area contributed by atoms with Crippen molar-refractivity contribution in [3.8, 4) is 0 Å². The van der Waals surface area contributed by atoms with E-state index >= 15 is 0 Å². The Labute approximate surface area is 128 Å². The first kappa shape index (κ1) is 15.8. The normalized spacial score (nSPS) is 19.6. The number of aliphatic carboxylic acids is 1. The summed E-state index contributed by atoms with van der Waals surface area (Å²) in [4.78, 5) is 30.3. The fourth-order valence-corrected chi connectivity index (χ4v) is 3.73. The van der Waals surface area contributed by atoms with Gasteiger partial charge in [0.2, 0.25) is 0 Å². The lowest BCUT2D eigenvalue weighted by atomic mass is 10.1. The molecule has 0 saturated carbocycles. The van der Waals surface area contributed by atoms with Crippen LogP contribution in [0.4, 0.5) is 4.79 Å². The Hall–Kier alpha value is -1.63. The molecule has 116 valence electrons. The van der Waals surface area contributed by atoms with Gasteiger partial charge in [-0.15, -0.1) is 11.3 Å². The number of nitrogens with one attached hydrogen (secondary N) is 1. The van der Waals surface area contributed by atoms with E-state index in [2.05, 4.69) is 10.3 Å². The second-order valence-corrected chi connectivity index (χ2v) is 6.68. The molecule has 2 N–H and O–H groups in total. The molecule has 2 rings (SSSR count). The third kappa shape index (κ3) is 3.72. The summed E-state index contributed by atoms with van der Waals surface area (Å²) < 4.78 is 0. The Bertz CT molecular complexity index is 544. The predicted molar refractivity (Wildman–Crippen MR) is 80.5 cm³/mol. The molecule has 1 aliphatic heterocycles. The van der Waals surface area contributed by atoms with Crippen LogP contribution in [0.25, 0.3) is 0 Å². The van der Waals surface area contributed by atoms with E-state index in [0.717, 1.165) is 28.4 Å². The number of aromatic nitrogens is 1. The SMILES string of the molecule is Cc1nc(C)c(C(C)NC(=O)N2CCCC2CC(=O)O)s1. The average molecular weight is 311 g/mol.